The van der Waals surface area contributed by atoms with E-state index in [2.05, 4.69) is 36.2 Å². The molecule has 0 amide bonds. The highest BCUT2D eigenvalue weighted by Gasteiger charge is 2.28. The minimum Gasteiger partial charge on any atom is -0.323 e. The van der Waals surface area contributed by atoms with E-state index in [0.29, 0.717) is 6.42 Å². The molecule has 0 bridgehead atoms. The first-order valence-corrected chi connectivity index (χ1v) is 6.38. The Kier molecular flexibility index (Phi) is 3.54. The molecule has 0 unspecified atom stereocenters. The number of rotatable bonds is 2. The Balaban J connectivity index is 1.92. The fourth-order valence-electron chi connectivity index (χ4n) is 2.54. The lowest BCUT2D eigenvalue weighted by atomic mass is 9.79. The van der Waals surface area contributed by atoms with Crippen LogP contribution in [-0.2, 0) is 4.79 Å². The third-order valence-electron chi connectivity index (χ3n) is 3.46. The van der Waals surface area contributed by atoms with E-state index in [9.17, 15) is 4.79 Å². The lowest BCUT2D eigenvalue weighted by Gasteiger charge is -2.36. The van der Waals surface area contributed by atoms with Gasteiger partial charge in [-0.1, -0.05) is 13.8 Å². The summed E-state index contributed by atoms with van der Waals surface area (Å²) in [6.45, 7) is 8.51. The van der Waals surface area contributed by atoms with Gasteiger partial charge in [0, 0.05) is 44.4 Å². The Bertz CT molecular complexity index is 328. The summed E-state index contributed by atoms with van der Waals surface area (Å²) >= 11 is 0. The summed E-state index contributed by atoms with van der Waals surface area (Å²) in [6.07, 6.45) is 3.41. The standard InChI is InChI=1S/C13H23N3O/c1-13(2)9-11(8-12(17)10-13)14-16-6-4-15(3)5-7-16/h8,14H,4-7,9-10H2,1-3H3. The average Bonchev–Trinajstić information content (AvgIpc) is 2.18. The van der Waals surface area contributed by atoms with Crippen LogP contribution in [0.25, 0.3) is 0 Å². The third kappa shape index (κ3) is 3.54. The SMILES string of the molecule is CN1CCN(NC2=CC(=O)CC(C)(C)C2)CC1. The Hall–Kier alpha value is -0.870. The van der Waals surface area contributed by atoms with Crippen LogP contribution in [0.2, 0.25) is 0 Å². The van der Waals surface area contributed by atoms with Crippen molar-refractivity contribution in [2.75, 3.05) is 33.2 Å². The van der Waals surface area contributed by atoms with Gasteiger partial charge < -0.3 is 10.3 Å². The van der Waals surface area contributed by atoms with Crippen LogP contribution >= 0.6 is 0 Å². The van der Waals surface area contributed by atoms with Crippen molar-refractivity contribution >= 4 is 5.78 Å². The normalized spacial score (nSPS) is 26.8. The molecular formula is C13H23N3O. The van der Waals surface area contributed by atoms with E-state index < -0.39 is 0 Å². The summed E-state index contributed by atoms with van der Waals surface area (Å²) < 4.78 is 0. The van der Waals surface area contributed by atoms with E-state index in [1.54, 1.807) is 6.08 Å². The van der Waals surface area contributed by atoms with Crippen LogP contribution < -0.4 is 5.43 Å². The van der Waals surface area contributed by atoms with Crippen LogP contribution in [-0.4, -0.2) is 48.9 Å². The molecule has 0 aromatic rings. The molecule has 2 aliphatic rings. The summed E-state index contributed by atoms with van der Waals surface area (Å²) in [5, 5.41) is 2.22. The molecule has 0 aromatic heterocycles. The molecule has 1 aliphatic heterocycles. The predicted molar refractivity (Wildman–Crippen MR) is 68.3 cm³/mol. The van der Waals surface area contributed by atoms with Crippen molar-refractivity contribution in [3.63, 3.8) is 0 Å². The number of carbonyl (C=O) groups is 1. The molecule has 96 valence electrons. The molecule has 1 fully saturated rings. The van der Waals surface area contributed by atoms with Gasteiger partial charge in [-0.25, -0.2) is 5.01 Å². The van der Waals surface area contributed by atoms with Gasteiger partial charge in [0.25, 0.3) is 0 Å². The predicted octanol–water partition coefficient (Wildman–Crippen LogP) is 1.01. The molecule has 0 radical (unpaired) electrons. The number of nitrogens with one attached hydrogen (secondary N) is 1. The first-order chi connectivity index (χ1) is 7.94. The van der Waals surface area contributed by atoms with Gasteiger partial charge in [0.15, 0.2) is 5.78 Å². The van der Waals surface area contributed by atoms with E-state index in [0.717, 1.165) is 38.3 Å². The first kappa shape index (κ1) is 12.6. The maximum Gasteiger partial charge on any atom is 0.158 e. The summed E-state index contributed by atoms with van der Waals surface area (Å²) in [4.78, 5) is 14.0. The summed E-state index contributed by atoms with van der Waals surface area (Å²) in [7, 11) is 2.14. The van der Waals surface area contributed by atoms with Crippen LogP contribution in [0.15, 0.2) is 11.8 Å². The van der Waals surface area contributed by atoms with E-state index >= 15 is 0 Å². The van der Waals surface area contributed by atoms with Gasteiger partial charge in [0.2, 0.25) is 0 Å². The number of carbonyl (C=O) groups excluding carboxylic acids is 1. The van der Waals surface area contributed by atoms with E-state index in [-0.39, 0.29) is 11.2 Å². The molecule has 4 heteroatoms. The van der Waals surface area contributed by atoms with E-state index in [1.807, 2.05) is 0 Å². The Morgan fingerprint density at radius 2 is 1.82 bits per heavy atom. The zero-order chi connectivity index (χ0) is 12.5. The quantitative estimate of drug-likeness (QED) is 0.777. The van der Waals surface area contributed by atoms with E-state index in [1.165, 1.54) is 0 Å². The maximum atomic E-state index is 11.6. The third-order valence-corrected chi connectivity index (χ3v) is 3.46. The Morgan fingerprint density at radius 1 is 1.18 bits per heavy atom. The molecular weight excluding hydrogens is 214 g/mol. The summed E-state index contributed by atoms with van der Waals surface area (Å²) in [5.74, 6) is 0.248. The second kappa shape index (κ2) is 4.78. The maximum absolute atomic E-state index is 11.6. The van der Waals surface area contributed by atoms with E-state index in [4.69, 9.17) is 0 Å². The molecule has 1 aliphatic carbocycles. The monoisotopic (exact) mass is 237 g/mol. The summed E-state index contributed by atoms with van der Waals surface area (Å²) in [6, 6.07) is 0. The van der Waals surface area contributed by atoms with Crippen LogP contribution in [0.1, 0.15) is 26.7 Å². The molecule has 1 saturated heterocycles. The smallest absolute Gasteiger partial charge is 0.158 e. The molecule has 17 heavy (non-hydrogen) atoms. The minimum absolute atomic E-state index is 0.0980. The lowest BCUT2D eigenvalue weighted by Crippen LogP contribution is -2.51. The highest BCUT2D eigenvalue weighted by molar-refractivity contribution is 5.91. The van der Waals surface area contributed by atoms with Crippen LogP contribution in [0.4, 0.5) is 0 Å². The number of hydrogen-bond donors (Lipinski definition) is 1. The number of hydrogen-bond acceptors (Lipinski definition) is 4. The van der Waals surface area contributed by atoms with Gasteiger partial charge in [0.1, 0.15) is 0 Å². The first-order valence-electron chi connectivity index (χ1n) is 6.38. The molecule has 1 heterocycles. The largest absolute Gasteiger partial charge is 0.323 e. The minimum atomic E-state index is 0.0980. The highest BCUT2D eigenvalue weighted by Crippen LogP contribution is 2.32. The second-order valence-corrected chi connectivity index (χ2v) is 6.06. The van der Waals surface area contributed by atoms with Crippen molar-refractivity contribution < 1.29 is 4.79 Å². The number of nitrogens with zero attached hydrogens (tertiary/aromatic N) is 2. The molecule has 2 rings (SSSR count). The van der Waals surface area contributed by atoms with Crippen LogP contribution in [0.5, 0.6) is 0 Å². The van der Waals surface area contributed by atoms with Crippen molar-refractivity contribution in [2.45, 2.75) is 26.7 Å². The average molecular weight is 237 g/mol. The molecule has 4 nitrogen and oxygen atoms in total. The van der Waals surface area contributed by atoms with Crippen LogP contribution in [0.3, 0.4) is 0 Å². The molecule has 0 saturated carbocycles. The molecule has 0 atom stereocenters. The second-order valence-electron chi connectivity index (χ2n) is 6.06. The van der Waals surface area contributed by atoms with Gasteiger partial charge >= 0.3 is 0 Å². The number of hydrazine groups is 1. The van der Waals surface area contributed by atoms with Crippen molar-refractivity contribution in [3.8, 4) is 0 Å². The van der Waals surface area contributed by atoms with Gasteiger partial charge in [-0.15, -0.1) is 0 Å². The van der Waals surface area contributed by atoms with Crippen molar-refractivity contribution in [3.05, 3.63) is 11.8 Å². The van der Waals surface area contributed by atoms with Gasteiger partial charge in [-0.05, 0) is 18.9 Å². The fourth-order valence-corrected chi connectivity index (χ4v) is 2.54. The topological polar surface area (TPSA) is 35.6 Å². The summed E-state index contributed by atoms with van der Waals surface area (Å²) in [5.41, 5.74) is 4.59. The Labute approximate surface area is 104 Å². The number of likely N-dealkylation sites (N-methyl/N-ethyl adjacent to an activating group) is 1. The molecule has 1 N–H and O–H groups in total. The fraction of sp³-hybridized carbons (Fsp3) is 0.769. The van der Waals surface area contributed by atoms with Crippen LogP contribution in [0, 0.1) is 5.41 Å². The number of allylic oxidation sites excluding steroid dienone is 2. The Morgan fingerprint density at radius 3 is 2.41 bits per heavy atom. The zero-order valence-corrected chi connectivity index (χ0v) is 11.1. The van der Waals surface area contributed by atoms with Gasteiger partial charge in [-0.2, -0.15) is 0 Å². The van der Waals surface area contributed by atoms with Crippen molar-refractivity contribution in [2.24, 2.45) is 5.41 Å². The molecule has 0 aromatic carbocycles. The highest BCUT2D eigenvalue weighted by atomic mass is 16.1. The zero-order valence-electron chi connectivity index (χ0n) is 11.1. The van der Waals surface area contributed by atoms with Crippen molar-refractivity contribution in [1.29, 1.82) is 0 Å². The lowest BCUT2D eigenvalue weighted by molar-refractivity contribution is -0.117. The number of ketones is 1. The number of piperazine rings is 1. The molecule has 0 spiro atoms. The van der Waals surface area contributed by atoms with Gasteiger partial charge in [-0.3, -0.25) is 4.79 Å². The van der Waals surface area contributed by atoms with Gasteiger partial charge in [0.05, 0.1) is 0 Å². The van der Waals surface area contributed by atoms with Crippen molar-refractivity contribution in [1.82, 2.24) is 15.3 Å².